The Kier molecular flexibility index (Phi) is 3.71. The molecule has 2 aromatic carbocycles. The molecular weight excluding hydrogens is 310 g/mol. The van der Waals surface area contributed by atoms with Crippen LogP contribution in [-0.2, 0) is 0 Å². The van der Waals surface area contributed by atoms with Crippen LogP contribution in [0.5, 0.6) is 11.5 Å². The van der Waals surface area contributed by atoms with Gasteiger partial charge in [-0.15, -0.1) is 0 Å². The van der Waals surface area contributed by atoms with Crippen LogP contribution in [0, 0.1) is 6.92 Å². The Morgan fingerprint density at radius 2 is 1.91 bits per heavy atom. The van der Waals surface area contributed by atoms with Gasteiger partial charge >= 0.3 is 0 Å². The second-order valence-corrected chi connectivity index (χ2v) is 6.32. The van der Waals surface area contributed by atoms with E-state index >= 15 is 0 Å². The van der Waals surface area contributed by atoms with Crippen molar-refractivity contribution in [3.05, 3.63) is 52.5 Å². The number of hydrogen-bond donors (Lipinski definition) is 1. The number of aliphatic imine (C=N–C) groups is 1. The van der Waals surface area contributed by atoms with E-state index < -0.39 is 0 Å². The number of nitrogens with zero attached hydrogens (tertiary/aromatic N) is 2. The minimum absolute atomic E-state index is 0.652. The molecule has 2 aromatic rings. The summed E-state index contributed by atoms with van der Waals surface area (Å²) in [5, 5.41) is 4.04. The van der Waals surface area contributed by atoms with Crippen LogP contribution < -0.4 is 10.1 Å². The van der Waals surface area contributed by atoms with Crippen molar-refractivity contribution in [1.29, 1.82) is 0 Å². The quantitative estimate of drug-likeness (QED) is 0.801. The predicted octanol–water partition coefficient (Wildman–Crippen LogP) is 3.74. The standard InChI is InChI=1S/C18H18ClN3O/c1-12-2-4-14-16(10-12)23-17-11-13(19)3-5-15(17)21-18(14)22-8-6-20-7-9-22/h2-5,10-11,20H,6-9H2,1H3. The summed E-state index contributed by atoms with van der Waals surface area (Å²) >= 11 is 6.13. The van der Waals surface area contributed by atoms with Crippen LogP contribution in [0.3, 0.4) is 0 Å². The summed E-state index contributed by atoms with van der Waals surface area (Å²) in [6, 6.07) is 11.8. The number of aryl methyl sites for hydroxylation is 1. The van der Waals surface area contributed by atoms with Crippen LogP contribution in [0.1, 0.15) is 11.1 Å². The fourth-order valence-electron chi connectivity index (χ4n) is 2.97. The number of ether oxygens (including phenoxy) is 1. The van der Waals surface area contributed by atoms with Crippen LogP contribution in [0.2, 0.25) is 5.02 Å². The molecule has 0 bridgehead atoms. The minimum Gasteiger partial charge on any atom is -0.454 e. The van der Waals surface area contributed by atoms with Gasteiger partial charge in [-0.25, -0.2) is 4.99 Å². The molecule has 0 radical (unpaired) electrons. The summed E-state index contributed by atoms with van der Waals surface area (Å²) in [6.45, 7) is 5.88. The lowest BCUT2D eigenvalue weighted by Crippen LogP contribution is -2.46. The average molecular weight is 328 g/mol. The van der Waals surface area contributed by atoms with Crippen LogP contribution >= 0.6 is 11.6 Å². The van der Waals surface area contributed by atoms with Crippen molar-refractivity contribution in [2.75, 3.05) is 26.2 Å². The molecule has 0 spiro atoms. The number of nitrogens with one attached hydrogen (secondary N) is 1. The highest BCUT2D eigenvalue weighted by Crippen LogP contribution is 2.39. The maximum atomic E-state index is 6.14. The second-order valence-electron chi connectivity index (χ2n) is 5.89. The fourth-order valence-corrected chi connectivity index (χ4v) is 3.13. The molecule has 4 rings (SSSR count). The van der Waals surface area contributed by atoms with E-state index in [2.05, 4.69) is 35.3 Å². The van der Waals surface area contributed by atoms with Gasteiger partial charge in [0.2, 0.25) is 0 Å². The molecular formula is C18H18ClN3O. The van der Waals surface area contributed by atoms with Crippen molar-refractivity contribution in [3.63, 3.8) is 0 Å². The Labute approximate surface area is 140 Å². The summed E-state index contributed by atoms with van der Waals surface area (Å²) in [7, 11) is 0. The molecule has 4 nitrogen and oxygen atoms in total. The number of halogens is 1. The third-order valence-electron chi connectivity index (χ3n) is 4.16. The van der Waals surface area contributed by atoms with E-state index in [9.17, 15) is 0 Å². The van der Waals surface area contributed by atoms with E-state index in [0.29, 0.717) is 10.8 Å². The maximum absolute atomic E-state index is 6.14. The van der Waals surface area contributed by atoms with Gasteiger partial charge in [0, 0.05) is 37.3 Å². The molecule has 0 amide bonds. The second kappa shape index (κ2) is 5.87. The predicted molar refractivity (Wildman–Crippen MR) is 93.3 cm³/mol. The molecule has 23 heavy (non-hydrogen) atoms. The van der Waals surface area contributed by atoms with Gasteiger partial charge in [0.1, 0.15) is 17.3 Å². The highest BCUT2D eigenvalue weighted by atomic mass is 35.5. The lowest BCUT2D eigenvalue weighted by Gasteiger charge is -2.30. The summed E-state index contributed by atoms with van der Waals surface area (Å²) in [6.07, 6.45) is 0. The normalized spacial score (nSPS) is 16.8. The Morgan fingerprint density at radius 3 is 2.74 bits per heavy atom. The Bertz CT molecular complexity index is 782. The van der Waals surface area contributed by atoms with E-state index in [0.717, 1.165) is 54.6 Å². The molecule has 0 aromatic heterocycles. The monoisotopic (exact) mass is 327 g/mol. The molecule has 1 N–H and O–H groups in total. The molecule has 2 aliphatic heterocycles. The first kappa shape index (κ1) is 14.5. The first-order valence-corrected chi connectivity index (χ1v) is 8.21. The van der Waals surface area contributed by atoms with Gasteiger partial charge in [0.25, 0.3) is 0 Å². The lowest BCUT2D eigenvalue weighted by molar-refractivity contribution is 0.357. The van der Waals surface area contributed by atoms with Gasteiger partial charge in [0.15, 0.2) is 5.75 Å². The number of rotatable bonds is 0. The first-order chi connectivity index (χ1) is 11.2. The highest BCUT2D eigenvalue weighted by molar-refractivity contribution is 6.30. The average Bonchev–Trinajstić information content (AvgIpc) is 2.71. The molecule has 1 saturated heterocycles. The van der Waals surface area contributed by atoms with Crippen molar-refractivity contribution in [2.24, 2.45) is 4.99 Å². The summed E-state index contributed by atoms with van der Waals surface area (Å²) in [5.41, 5.74) is 3.01. The Hall–Kier alpha value is -2.04. The van der Waals surface area contributed by atoms with E-state index in [-0.39, 0.29) is 0 Å². The zero-order valence-corrected chi connectivity index (χ0v) is 13.7. The fraction of sp³-hybridized carbons (Fsp3) is 0.278. The van der Waals surface area contributed by atoms with Crippen LogP contribution in [0.4, 0.5) is 5.69 Å². The smallest absolute Gasteiger partial charge is 0.154 e. The van der Waals surface area contributed by atoms with Crippen molar-refractivity contribution in [3.8, 4) is 11.5 Å². The zero-order valence-electron chi connectivity index (χ0n) is 13.0. The van der Waals surface area contributed by atoms with Crippen LogP contribution in [0.15, 0.2) is 41.4 Å². The molecule has 0 unspecified atom stereocenters. The topological polar surface area (TPSA) is 36.9 Å². The van der Waals surface area contributed by atoms with Crippen molar-refractivity contribution < 1.29 is 4.74 Å². The third kappa shape index (κ3) is 2.80. The first-order valence-electron chi connectivity index (χ1n) is 7.83. The largest absolute Gasteiger partial charge is 0.454 e. The number of benzene rings is 2. The maximum Gasteiger partial charge on any atom is 0.154 e. The SMILES string of the molecule is Cc1ccc2c(c1)Oc1cc(Cl)ccc1N=C2N1CCNCC1. The van der Waals surface area contributed by atoms with Crippen molar-refractivity contribution >= 4 is 23.1 Å². The highest BCUT2D eigenvalue weighted by Gasteiger charge is 2.24. The van der Waals surface area contributed by atoms with Gasteiger partial charge in [-0.1, -0.05) is 17.7 Å². The van der Waals surface area contributed by atoms with Crippen molar-refractivity contribution in [2.45, 2.75) is 6.92 Å². The summed E-state index contributed by atoms with van der Waals surface area (Å²) in [4.78, 5) is 7.22. The van der Waals surface area contributed by atoms with Gasteiger partial charge in [-0.3, -0.25) is 0 Å². The molecule has 2 aliphatic rings. The van der Waals surface area contributed by atoms with E-state index in [1.807, 2.05) is 18.2 Å². The van der Waals surface area contributed by atoms with E-state index in [1.165, 1.54) is 0 Å². The number of piperazine rings is 1. The molecule has 118 valence electrons. The van der Waals surface area contributed by atoms with Gasteiger partial charge in [-0.05, 0) is 36.8 Å². The van der Waals surface area contributed by atoms with E-state index in [1.54, 1.807) is 0 Å². The molecule has 0 aliphatic carbocycles. The molecule has 5 heteroatoms. The molecule has 0 atom stereocenters. The van der Waals surface area contributed by atoms with Gasteiger partial charge in [0.05, 0.1) is 5.56 Å². The zero-order chi connectivity index (χ0) is 15.8. The van der Waals surface area contributed by atoms with Crippen LogP contribution in [0.25, 0.3) is 0 Å². The molecule has 0 saturated carbocycles. The lowest BCUT2D eigenvalue weighted by atomic mass is 10.1. The minimum atomic E-state index is 0.652. The van der Waals surface area contributed by atoms with Gasteiger partial charge in [-0.2, -0.15) is 0 Å². The molecule has 1 fully saturated rings. The number of amidine groups is 1. The Morgan fingerprint density at radius 1 is 1.09 bits per heavy atom. The van der Waals surface area contributed by atoms with Crippen LogP contribution in [-0.4, -0.2) is 36.9 Å². The van der Waals surface area contributed by atoms with Crippen molar-refractivity contribution in [1.82, 2.24) is 10.2 Å². The summed E-state index contributed by atoms with van der Waals surface area (Å²) in [5.74, 6) is 2.51. The Balaban J connectivity index is 1.88. The van der Waals surface area contributed by atoms with Gasteiger partial charge < -0.3 is 15.0 Å². The summed E-state index contributed by atoms with van der Waals surface area (Å²) < 4.78 is 6.14. The molecule has 2 heterocycles. The number of fused-ring (bicyclic) bond motifs is 2. The third-order valence-corrected chi connectivity index (χ3v) is 4.40. The van der Waals surface area contributed by atoms with E-state index in [4.69, 9.17) is 21.3 Å². The number of hydrogen-bond acceptors (Lipinski definition) is 4.